The number of hydrogen-bond donors (Lipinski definition) is 0. The molecule has 0 atom stereocenters. The number of carbonyl (C=O) groups excluding carboxylic acids is 1. The number of rotatable bonds is 8. The number of nitrogens with zero attached hydrogens (tertiary/aromatic N) is 3. The Morgan fingerprint density at radius 3 is 2.74 bits per heavy atom. The molecule has 0 aliphatic heterocycles. The first-order chi connectivity index (χ1) is 9.05. The zero-order valence-electron chi connectivity index (χ0n) is 12.2. The van der Waals surface area contributed by atoms with Crippen molar-refractivity contribution in [3.8, 4) is 0 Å². The fourth-order valence-corrected chi connectivity index (χ4v) is 1.66. The summed E-state index contributed by atoms with van der Waals surface area (Å²) in [6.07, 6.45) is 0.775. The van der Waals surface area contributed by atoms with Crippen molar-refractivity contribution in [3.63, 3.8) is 0 Å². The van der Waals surface area contributed by atoms with Crippen molar-refractivity contribution >= 4 is 5.97 Å². The molecular formula is C13H23N3O3. The zero-order valence-corrected chi connectivity index (χ0v) is 12.2. The van der Waals surface area contributed by atoms with Crippen molar-refractivity contribution in [2.24, 2.45) is 5.92 Å². The molecule has 0 bridgehead atoms. The van der Waals surface area contributed by atoms with Gasteiger partial charge >= 0.3 is 5.97 Å². The smallest absolute Gasteiger partial charge is 0.320 e. The molecule has 0 radical (unpaired) electrons. The van der Waals surface area contributed by atoms with E-state index in [0.717, 1.165) is 13.0 Å². The van der Waals surface area contributed by atoms with Gasteiger partial charge in [0, 0.05) is 6.42 Å². The van der Waals surface area contributed by atoms with Crippen LogP contribution < -0.4 is 0 Å². The molecule has 0 unspecified atom stereocenters. The molecular weight excluding hydrogens is 246 g/mol. The van der Waals surface area contributed by atoms with Gasteiger partial charge in [-0.1, -0.05) is 25.9 Å². The Balaban J connectivity index is 2.51. The molecule has 0 aromatic carbocycles. The molecule has 1 heterocycles. The van der Waals surface area contributed by atoms with Gasteiger partial charge in [-0.25, -0.2) is 0 Å². The number of esters is 1. The van der Waals surface area contributed by atoms with Crippen molar-refractivity contribution in [2.75, 3.05) is 19.7 Å². The summed E-state index contributed by atoms with van der Waals surface area (Å²) in [5.41, 5.74) is 0. The van der Waals surface area contributed by atoms with Gasteiger partial charge < -0.3 is 9.26 Å². The van der Waals surface area contributed by atoms with E-state index in [1.165, 1.54) is 0 Å². The predicted molar refractivity (Wildman–Crippen MR) is 70.4 cm³/mol. The Hall–Kier alpha value is -1.43. The van der Waals surface area contributed by atoms with Crippen LogP contribution in [0.4, 0.5) is 0 Å². The Morgan fingerprint density at radius 2 is 2.16 bits per heavy atom. The van der Waals surface area contributed by atoms with Crippen LogP contribution >= 0.6 is 0 Å². The van der Waals surface area contributed by atoms with E-state index in [4.69, 9.17) is 9.26 Å². The number of ether oxygens (including phenoxy) is 1. The van der Waals surface area contributed by atoms with E-state index in [-0.39, 0.29) is 12.5 Å². The molecule has 0 saturated carbocycles. The molecule has 6 heteroatoms. The summed E-state index contributed by atoms with van der Waals surface area (Å²) >= 11 is 0. The van der Waals surface area contributed by atoms with E-state index in [0.29, 0.717) is 30.8 Å². The molecule has 6 nitrogen and oxygen atoms in total. The zero-order chi connectivity index (χ0) is 14.3. The van der Waals surface area contributed by atoms with Crippen LogP contribution in [-0.2, 0) is 22.5 Å². The third kappa shape index (κ3) is 5.83. The van der Waals surface area contributed by atoms with E-state index in [1.807, 2.05) is 11.8 Å². The summed E-state index contributed by atoms with van der Waals surface area (Å²) in [5.74, 6) is 1.52. The third-order valence-corrected chi connectivity index (χ3v) is 2.56. The second kappa shape index (κ2) is 7.89. The van der Waals surface area contributed by atoms with Gasteiger partial charge in [0.05, 0.1) is 19.7 Å². The lowest BCUT2D eigenvalue weighted by atomic mass is 10.1. The van der Waals surface area contributed by atoms with Crippen molar-refractivity contribution in [1.29, 1.82) is 0 Å². The Labute approximate surface area is 114 Å². The van der Waals surface area contributed by atoms with Crippen LogP contribution in [0.3, 0.4) is 0 Å². The summed E-state index contributed by atoms with van der Waals surface area (Å²) in [4.78, 5) is 17.7. The van der Waals surface area contributed by atoms with Gasteiger partial charge in [0.1, 0.15) is 0 Å². The minimum absolute atomic E-state index is 0.227. The Bertz CT molecular complexity index is 390. The Kier molecular flexibility index (Phi) is 6.49. The van der Waals surface area contributed by atoms with E-state index >= 15 is 0 Å². The Morgan fingerprint density at radius 1 is 1.42 bits per heavy atom. The number of aromatic nitrogens is 2. The maximum atomic E-state index is 11.4. The average Bonchev–Trinajstić information content (AvgIpc) is 2.75. The normalized spacial score (nSPS) is 11.3. The molecule has 0 aliphatic rings. The SMILES string of the molecule is CCOC(=O)CN(CC)Cc1noc(CC(C)C)n1. The molecule has 0 fully saturated rings. The van der Waals surface area contributed by atoms with Gasteiger partial charge in [0.15, 0.2) is 5.82 Å². The molecule has 0 saturated heterocycles. The van der Waals surface area contributed by atoms with Gasteiger partial charge in [-0.3, -0.25) is 9.69 Å². The first-order valence-electron chi connectivity index (χ1n) is 6.74. The average molecular weight is 269 g/mol. The monoisotopic (exact) mass is 269 g/mol. The molecule has 1 aromatic rings. The molecule has 1 rings (SSSR count). The predicted octanol–water partition coefficient (Wildman–Crippen LogP) is 1.65. The fourth-order valence-electron chi connectivity index (χ4n) is 1.66. The van der Waals surface area contributed by atoms with Crippen LogP contribution in [0.25, 0.3) is 0 Å². The topological polar surface area (TPSA) is 68.5 Å². The van der Waals surface area contributed by atoms with Gasteiger partial charge in [-0.2, -0.15) is 4.98 Å². The number of likely N-dealkylation sites (N-methyl/N-ethyl adjacent to an activating group) is 1. The maximum absolute atomic E-state index is 11.4. The molecule has 0 spiro atoms. The standard InChI is InChI=1S/C13H23N3O3/c1-5-16(9-13(17)18-6-2)8-11-14-12(19-15-11)7-10(3)4/h10H,5-9H2,1-4H3. The molecule has 0 N–H and O–H groups in total. The molecule has 108 valence electrons. The first kappa shape index (κ1) is 15.6. The lowest BCUT2D eigenvalue weighted by molar-refractivity contribution is -0.144. The minimum Gasteiger partial charge on any atom is -0.465 e. The first-order valence-corrected chi connectivity index (χ1v) is 6.74. The highest BCUT2D eigenvalue weighted by atomic mass is 16.5. The largest absolute Gasteiger partial charge is 0.465 e. The minimum atomic E-state index is -0.227. The van der Waals surface area contributed by atoms with Crippen molar-refractivity contribution in [2.45, 2.75) is 40.7 Å². The van der Waals surface area contributed by atoms with E-state index < -0.39 is 0 Å². The summed E-state index contributed by atoms with van der Waals surface area (Å²) in [7, 11) is 0. The fraction of sp³-hybridized carbons (Fsp3) is 0.769. The van der Waals surface area contributed by atoms with Gasteiger partial charge in [0.2, 0.25) is 5.89 Å². The molecule has 1 aromatic heterocycles. The van der Waals surface area contributed by atoms with Crippen molar-refractivity contribution in [3.05, 3.63) is 11.7 Å². The van der Waals surface area contributed by atoms with E-state index in [9.17, 15) is 4.79 Å². The quantitative estimate of drug-likeness (QED) is 0.668. The summed E-state index contributed by atoms with van der Waals surface area (Å²) in [6.45, 7) is 9.85. The second-order valence-electron chi connectivity index (χ2n) is 4.81. The highest BCUT2D eigenvalue weighted by Gasteiger charge is 2.14. The summed E-state index contributed by atoms with van der Waals surface area (Å²) < 4.78 is 10.1. The van der Waals surface area contributed by atoms with Gasteiger partial charge in [0.25, 0.3) is 0 Å². The van der Waals surface area contributed by atoms with Crippen molar-refractivity contribution < 1.29 is 14.1 Å². The van der Waals surface area contributed by atoms with E-state index in [2.05, 4.69) is 24.0 Å². The summed E-state index contributed by atoms with van der Waals surface area (Å²) in [6, 6.07) is 0. The third-order valence-electron chi connectivity index (χ3n) is 2.56. The maximum Gasteiger partial charge on any atom is 0.320 e. The molecule has 0 amide bonds. The van der Waals surface area contributed by atoms with Gasteiger partial charge in [-0.15, -0.1) is 0 Å². The van der Waals surface area contributed by atoms with Gasteiger partial charge in [-0.05, 0) is 19.4 Å². The van der Waals surface area contributed by atoms with Crippen LogP contribution in [0, 0.1) is 5.92 Å². The highest BCUT2D eigenvalue weighted by molar-refractivity contribution is 5.71. The van der Waals surface area contributed by atoms with Crippen molar-refractivity contribution in [1.82, 2.24) is 15.0 Å². The summed E-state index contributed by atoms with van der Waals surface area (Å²) in [5, 5.41) is 3.93. The molecule has 0 aliphatic carbocycles. The van der Waals surface area contributed by atoms with Crippen LogP contribution in [0.5, 0.6) is 0 Å². The van der Waals surface area contributed by atoms with Crippen LogP contribution in [-0.4, -0.2) is 40.7 Å². The van der Waals surface area contributed by atoms with Crippen LogP contribution in [0.1, 0.15) is 39.4 Å². The highest BCUT2D eigenvalue weighted by Crippen LogP contribution is 2.07. The van der Waals surface area contributed by atoms with Crippen LogP contribution in [0.15, 0.2) is 4.52 Å². The van der Waals surface area contributed by atoms with Crippen LogP contribution in [0.2, 0.25) is 0 Å². The lowest BCUT2D eigenvalue weighted by Crippen LogP contribution is -2.30. The lowest BCUT2D eigenvalue weighted by Gasteiger charge is -2.16. The molecule has 19 heavy (non-hydrogen) atoms. The second-order valence-corrected chi connectivity index (χ2v) is 4.81. The number of hydrogen-bond acceptors (Lipinski definition) is 6. The van der Waals surface area contributed by atoms with E-state index in [1.54, 1.807) is 6.92 Å². The number of carbonyl (C=O) groups is 1.